The molecule has 0 atom stereocenters. The molecule has 15 heavy (non-hydrogen) atoms. The van der Waals surface area contributed by atoms with Gasteiger partial charge in [-0.3, -0.25) is 0 Å². The van der Waals surface area contributed by atoms with E-state index < -0.39 is 0 Å². The van der Waals surface area contributed by atoms with Crippen LogP contribution in [0.25, 0.3) is 0 Å². The van der Waals surface area contributed by atoms with Crippen LogP contribution in [0.2, 0.25) is 0 Å². The number of hydrogen-bond acceptors (Lipinski definition) is 3. The Kier molecular flexibility index (Phi) is 3.59. The highest BCUT2D eigenvalue weighted by Crippen LogP contribution is 2.23. The smallest absolute Gasteiger partial charge is 0.127 e. The van der Waals surface area contributed by atoms with E-state index in [2.05, 4.69) is 18.2 Å². The van der Waals surface area contributed by atoms with Crippen molar-refractivity contribution in [1.82, 2.24) is 0 Å². The second-order valence-electron chi connectivity index (χ2n) is 3.37. The topological polar surface area (TPSA) is 27.7 Å². The van der Waals surface area contributed by atoms with Crippen molar-refractivity contribution in [3.8, 4) is 5.75 Å². The lowest BCUT2D eigenvalue weighted by molar-refractivity contribution is 0.0402. The Balaban J connectivity index is 1.49. The first-order valence-corrected chi connectivity index (χ1v) is 5.34. The van der Waals surface area contributed by atoms with Crippen LogP contribution < -0.4 is 4.74 Å². The minimum absolute atomic E-state index is 0.614. The summed E-state index contributed by atoms with van der Waals surface area (Å²) >= 11 is 0. The lowest BCUT2D eigenvalue weighted by atomic mass is 10.1. The highest BCUT2D eigenvalue weighted by atomic mass is 16.5. The molecule has 0 unspecified atom stereocenters. The summed E-state index contributed by atoms with van der Waals surface area (Å²) in [6.45, 7) is 5.26. The summed E-state index contributed by atoms with van der Waals surface area (Å²) in [5.41, 5.74) is 0. The lowest BCUT2D eigenvalue weighted by Crippen LogP contribution is -2.11. The molecule has 0 bridgehead atoms. The van der Waals surface area contributed by atoms with Gasteiger partial charge in [0.15, 0.2) is 0 Å². The average molecular weight is 208 g/mol. The van der Waals surface area contributed by atoms with Crippen LogP contribution in [-0.4, -0.2) is 33.0 Å². The van der Waals surface area contributed by atoms with Gasteiger partial charge in [0.1, 0.15) is 12.4 Å². The third-order valence-electron chi connectivity index (χ3n) is 2.35. The van der Waals surface area contributed by atoms with E-state index in [-0.39, 0.29) is 0 Å². The van der Waals surface area contributed by atoms with E-state index in [4.69, 9.17) is 14.2 Å². The standard InChI is InChI=1S/C12H16O3/c1-2-13-5-6-14-7-8-15-12-9-10-3-4-11(10)12/h3-4,9H,2,5-8H2,1H3. The van der Waals surface area contributed by atoms with Gasteiger partial charge in [-0.25, -0.2) is 0 Å². The molecule has 0 radical (unpaired) electrons. The molecule has 82 valence electrons. The SMILES string of the molecule is CCOCCOCCOc1cc2ccc1=2. The maximum Gasteiger partial charge on any atom is 0.127 e. The van der Waals surface area contributed by atoms with E-state index in [1.165, 1.54) is 10.4 Å². The fourth-order valence-electron chi connectivity index (χ4n) is 1.45. The molecule has 0 aromatic heterocycles. The van der Waals surface area contributed by atoms with Gasteiger partial charge in [0.05, 0.1) is 19.8 Å². The minimum Gasteiger partial charge on any atom is -0.491 e. The first-order chi connectivity index (χ1) is 7.42. The van der Waals surface area contributed by atoms with Crippen molar-refractivity contribution < 1.29 is 14.2 Å². The Labute approximate surface area is 89.3 Å². The molecule has 2 aliphatic rings. The Bertz CT molecular complexity index is 400. The molecule has 0 spiro atoms. The van der Waals surface area contributed by atoms with Gasteiger partial charge < -0.3 is 14.2 Å². The lowest BCUT2D eigenvalue weighted by Gasteiger charge is -2.12. The van der Waals surface area contributed by atoms with Crippen LogP contribution in [0.4, 0.5) is 0 Å². The molecule has 0 aliphatic heterocycles. The van der Waals surface area contributed by atoms with E-state index in [0.29, 0.717) is 26.4 Å². The molecule has 2 rings (SSSR count). The Hall–Kier alpha value is -1.06. The average Bonchev–Trinajstić information content (AvgIpc) is 2.22. The highest BCUT2D eigenvalue weighted by Gasteiger charge is 2.05. The van der Waals surface area contributed by atoms with Crippen LogP contribution in [0.15, 0.2) is 18.2 Å². The molecule has 0 saturated heterocycles. The van der Waals surface area contributed by atoms with Crippen molar-refractivity contribution in [2.75, 3.05) is 33.0 Å². The van der Waals surface area contributed by atoms with Gasteiger partial charge in [-0.05, 0) is 18.2 Å². The highest BCUT2D eigenvalue weighted by molar-refractivity contribution is 5.38. The zero-order chi connectivity index (χ0) is 10.5. The second-order valence-corrected chi connectivity index (χ2v) is 3.37. The summed E-state index contributed by atoms with van der Waals surface area (Å²) in [7, 11) is 0. The number of hydrogen-bond donors (Lipinski definition) is 0. The Morgan fingerprint density at radius 3 is 2.40 bits per heavy atom. The predicted octanol–water partition coefficient (Wildman–Crippen LogP) is 1.72. The van der Waals surface area contributed by atoms with Gasteiger partial charge in [0.25, 0.3) is 0 Å². The van der Waals surface area contributed by atoms with Crippen molar-refractivity contribution in [2.45, 2.75) is 6.92 Å². The molecule has 0 N–H and O–H groups in total. The van der Waals surface area contributed by atoms with Crippen LogP contribution in [0.1, 0.15) is 6.92 Å². The van der Waals surface area contributed by atoms with Gasteiger partial charge in [0.2, 0.25) is 0 Å². The summed E-state index contributed by atoms with van der Waals surface area (Å²) in [5, 5.41) is 2.56. The Morgan fingerprint density at radius 1 is 1.00 bits per heavy atom. The maximum absolute atomic E-state index is 5.50. The molecule has 3 nitrogen and oxygen atoms in total. The van der Waals surface area contributed by atoms with Gasteiger partial charge in [0, 0.05) is 11.8 Å². The zero-order valence-corrected chi connectivity index (χ0v) is 8.99. The summed E-state index contributed by atoms with van der Waals surface area (Å²) < 4.78 is 16.0. The minimum atomic E-state index is 0.614. The second kappa shape index (κ2) is 5.14. The first-order valence-electron chi connectivity index (χ1n) is 5.34. The number of rotatable bonds is 8. The van der Waals surface area contributed by atoms with Crippen molar-refractivity contribution in [3.05, 3.63) is 28.6 Å². The third kappa shape index (κ3) is 2.49. The molecule has 0 aromatic carbocycles. The molecule has 0 heterocycles. The van der Waals surface area contributed by atoms with E-state index >= 15 is 0 Å². The molecular formula is C12H16O3. The predicted molar refractivity (Wildman–Crippen MR) is 56.9 cm³/mol. The Morgan fingerprint density at radius 2 is 1.80 bits per heavy atom. The van der Waals surface area contributed by atoms with Crippen molar-refractivity contribution in [3.63, 3.8) is 0 Å². The quantitative estimate of drug-likeness (QED) is 0.618. The summed E-state index contributed by atoms with van der Waals surface area (Å²) in [6, 6.07) is 6.21. The van der Waals surface area contributed by atoms with E-state index in [1.807, 2.05) is 6.92 Å². The van der Waals surface area contributed by atoms with Gasteiger partial charge in [-0.2, -0.15) is 0 Å². The van der Waals surface area contributed by atoms with E-state index in [9.17, 15) is 0 Å². The van der Waals surface area contributed by atoms with Gasteiger partial charge in [-0.15, -0.1) is 0 Å². The van der Waals surface area contributed by atoms with Crippen LogP contribution in [0.3, 0.4) is 0 Å². The zero-order valence-electron chi connectivity index (χ0n) is 8.99. The fraction of sp³-hybridized carbons (Fsp3) is 0.500. The molecule has 0 fully saturated rings. The largest absolute Gasteiger partial charge is 0.491 e. The molecule has 2 aliphatic carbocycles. The fourth-order valence-corrected chi connectivity index (χ4v) is 1.45. The maximum atomic E-state index is 5.50. The van der Waals surface area contributed by atoms with Crippen molar-refractivity contribution >= 4 is 0 Å². The molecule has 0 saturated carbocycles. The summed E-state index contributed by atoms with van der Waals surface area (Å²) in [5.74, 6) is 1.00. The number of benzene rings is 1. The van der Waals surface area contributed by atoms with Gasteiger partial charge in [-0.1, -0.05) is 12.1 Å². The monoisotopic (exact) mass is 208 g/mol. The molecule has 0 aromatic rings. The van der Waals surface area contributed by atoms with Crippen LogP contribution in [-0.2, 0) is 9.47 Å². The molecule has 3 heteroatoms. The van der Waals surface area contributed by atoms with Crippen LogP contribution in [0.5, 0.6) is 5.75 Å². The third-order valence-corrected chi connectivity index (χ3v) is 2.35. The van der Waals surface area contributed by atoms with E-state index in [0.717, 1.165) is 12.4 Å². The molecular weight excluding hydrogens is 192 g/mol. The normalized spacial score (nSPS) is 11.5. The van der Waals surface area contributed by atoms with Crippen molar-refractivity contribution in [1.29, 1.82) is 0 Å². The molecule has 0 amide bonds. The van der Waals surface area contributed by atoms with Crippen LogP contribution >= 0.6 is 0 Å². The summed E-state index contributed by atoms with van der Waals surface area (Å²) in [4.78, 5) is 0. The summed E-state index contributed by atoms with van der Waals surface area (Å²) in [6.07, 6.45) is 0. The van der Waals surface area contributed by atoms with Gasteiger partial charge >= 0.3 is 0 Å². The number of ether oxygens (including phenoxy) is 3. The first kappa shape index (κ1) is 10.5. The van der Waals surface area contributed by atoms with Crippen LogP contribution in [0, 0.1) is 10.4 Å². The van der Waals surface area contributed by atoms with E-state index in [1.54, 1.807) is 0 Å². The van der Waals surface area contributed by atoms with Crippen molar-refractivity contribution in [2.24, 2.45) is 0 Å².